The number of hydrogen-bond acceptors (Lipinski definition) is 1. The molecule has 0 atom stereocenters. The maximum atomic E-state index is 2.33. The topological polar surface area (TPSA) is 3.24 Å². The Labute approximate surface area is 69.4 Å². The lowest BCUT2D eigenvalue weighted by Gasteiger charge is -2.24. The van der Waals surface area contributed by atoms with Crippen molar-refractivity contribution in [2.24, 2.45) is 0 Å². The van der Waals surface area contributed by atoms with Gasteiger partial charge in [0, 0.05) is 13.1 Å². The van der Waals surface area contributed by atoms with Gasteiger partial charge in [-0.25, -0.2) is 0 Å². The molecule has 0 N–H and O–H groups in total. The fraction of sp³-hybridized carbons (Fsp3) is 0.600. The molecule has 0 bridgehead atoms. The zero-order valence-electron chi connectivity index (χ0n) is 7.72. The summed E-state index contributed by atoms with van der Waals surface area (Å²) in [6.45, 7) is 8.87. The molecule has 0 saturated carbocycles. The van der Waals surface area contributed by atoms with Crippen molar-refractivity contribution in [2.75, 3.05) is 13.1 Å². The summed E-state index contributed by atoms with van der Waals surface area (Å²) in [6, 6.07) is 0. The lowest BCUT2D eigenvalue weighted by atomic mass is 10.0. The molecule has 0 amide bonds. The summed E-state index contributed by atoms with van der Waals surface area (Å²) in [7, 11) is 0. The smallest absolute Gasteiger partial charge is 0.0386 e. The molecule has 0 fully saturated rings. The number of nitrogens with zero attached hydrogens (tertiary/aromatic N) is 1. The maximum Gasteiger partial charge on any atom is 0.0386 e. The van der Waals surface area contributed by atoms with Crippen LogP contribution in [-0.2, 0) is 0 Å². The lowest BCUT2D eigenvalue weighted by molar-refractivity contribution is 0.421. The molecule has 1 aliphatic heterocycles. The molecule has 0 unspecified atom stereocenters. The molecule has 0 radical (unpaired) electrons. The normalized spacial score (nSPS) is 17.9. The highest BCUT2D eigenvalue weighted by Crippen LogP contribution is 2.16. The van der Waals surface area contributed by atoms with E-state index in [1.165, 1.54) is 17.6 Å². The van der Waals surface area contributed by atoms with Crippen LogP contribution in [0, 0.1) is 0 Å². The van der Waals surface area contributed by atoms with E-state index >= 15 is 0 Å². The Hall–Kier alpha value is -0.720. The highest BCUT2D eigenvalue weighted by atomic mass is 15.1. The van der Waals surface area contributed by atoms with Crippen LogP contribution in [0.15, 0.2) is 23.4 Å². The summed E-state index contributed by atoms with van der Waals surface area (Å²) in [5.74, 6) is 0. The van der Waals surface area contributed by atoms with Gasteiger partial charge < -0.3 is 4.90 Å². The molecule has 0 aliphatic carbocycles. The second kappa shape index (κ2) is 3.61. The monoisotopic (exact) mass is 151 g/mol. The standard InChI is InChI=1S/C10H17N/c1-4-10-6-7-11(5-2)8-9(10)3/h6-7H,4-5,8H2,1-3H3. The molecule has 1 aliphatic rings. The largest absolute Gasteiger partial charge is 0.374 e. The van der Waals surface area contributed by atoms with Gasteiger partial charge in [-0.3, -0.25) is 0 Å². The lowest BCUT2D eigenvalue weighted by Crippen LogP contribution is -2.21. The molecule has 1 rings (SSSR count). The molecule has 0 aromatic carbocycles. The summed E-state index contributed by atoms with van der Waals surface area (Å²) in [6.07, 6.45) is 5.61. The van der Waals surface area contributed by atoms with Crippen molar-refractivity contribution < 1.29 is 0 Å². The van der Waals surface area contributed by atoms with Crippen LogP contribution < -0.4 is 0 Å². The van der Waals surface area contributed by atoms with Gasteiger partial charge in [0.1, 0.15) is 0 Å². The van der Waals surface area contributed by atoms with Crippen LogP contribution in [0.1, 0.15) is 27.2 Å². The second-order valence-corrected chi connectivity index (χ2v) is 3.04. The van der Waals surface area contributed by atoms with Gasteiger partial charge in [0.15, 0.2) is 0 Å². The molecule has 1 heteroatoms. The van der Waals surface area contributed by atoms with E-state index in [2.05, 4.69) is 37.9 Å². The van der Waals surface area contributed by atoms with E-state index in [4.69, 9.17) is 0 Å². The van der Waals surface area contributed by atoms with Gasteiger partial charge in [-0.15, -0.1) is 0 Å². The van der Waals surface area contributed by atoms with E-state index in [1.807, 2.05) is 0 Å². The average Bonchev–Trinajstić information content (AvgIpc) is 2.04. The molecular weight excluding hydrogens is 134 g/mol. The van der Waals surface area contributed by atoms with Crippen molar-refractivity contribution >= 4 is 0 Å². The fourth-order valence-corrected chi connectivity index (χ4v) is 1.43. The Morgan fingerprint density at radius 2 is 2.18 bits per heavy atom. The third-order valence-electron chi connectivity index (χ3n) is 2.26. The summed E-state index contributed by atoms with van der Waals surface area (Å²) in [5, 5.41) is 0. The molecule has 0 aromatic heterocycles. The Morgan fingerprint density at radius 3 is 2.64 bits per heavy atom. The number of hydrogen-bond donors (Lipinski definition) is 0. The number of rotatable bonds is 2. The van der Waals surface area contributed by atoms with Gasteiger partial charge in [0.05, 0.1) is 0 Å². The van der Waals surface area contributed by atoms with Gasteiger partial charge in [-0.1, -0.05) is 12.5 Å². The third-order valence-corrected chi connectivity index (χ3v) is 2.26. The molecule has 0 aromatic rings. The van der Waals surface area contributed by atoms with Crippen LogP contribution >= 0.6 is 0 Å². The molecular formula is C10H17N. The van der Waals surface area contributed by atoms with Crippen molar-refractivity contribution in [3.8, 4) is 0 Å². The van der Waals surface area contributed by atoms with Gasteiger partial charge in [0.25, 0.3) is 0 Å². The van der Waals surface area contributed by atoms with Gasteiger partial charge >= 0.3 is 0 Å². The van der Waals surface area contributed by atoms with Crippen LogP contribution in [0.5, 0.6) is 0 Å². The van der Waals surface area contributed by atoms with Crippen LogP contribution in [-0.4, -0.2) is 18.0 Å². The van der Waals surface area contributed by atoms with Crippen molar-refractivity contribution in [2.45, 2.75) is 27.2 Å². The van der Waals surface area contributed by atoms with Crippen molar-refractivity contribution in [1.82, 2.24) is 4.90 Å². The van der Waals surface area contributed by atoms with E-state index in [0.717, 1.165) is 13.1 Å². The molecule has 11 heavy (non-hydrogen) atoms. The van der Waals surface area contributed by atoms with Crippen molar-refractivity contribution in [1.29, 1.82) is 0 Å². The second-order valence-electron chi connectivity index (χ2n) is 3.04. The third kappa shape index (κ3) is 1.86. The summed E-state index contributed by atoms with van der Waals surface area (Å²) >= 11 is 0. The van der Waals surface area contributed by atoms with Gasteiger partial charge in [-0.2, -0.15) is 0 Å². The number of allylic oxidation sites excluding steroid dienone is 2. The summed E-state index contributed by atoms with van der Waals surface area (Å²) in [4.78, 5) is 2.33. The Balaban J connectivity index is 2.66. The van der Waals surface area contributed by atoms with E-state index in [9.17, 15) is 0 Å². The van der Waals surface area contributed by atoms with Crippen LogP contribution in [0.2, 0.25) is 0 Å². The first kappa shape index (κ1) is 8.38. The van der Waals surface area contributed by atoms with E-state index < -0.39 is 0 Å². The SMILES string of the molecule is CCC1=C(C)CN(CC)C=C1. The maximum absolute atomic E-state index is 2.33. The Kier molecular flexibility index (Phi) is 2.75. The highest BCUT2D eigenvalue weighted by Gasteiger charge is 2.06. The van der Waals surface area contributed by atoms with Crippen molar-refractivity contribution in [3.05, 3.63) is 23.4 Å². The Morgan fingerprint density at radius 1 is 1.45 bits per heavy atom. The average molecular weight is 151 g/mol. The van der Waals surface area contributed by atoms with Gasteiger partial charge in [-0.05, 0) is 38.1 Å². The zero-order valence-corrected chi connectivity index (χ0v) is 7.72. The summed E-state index contributed by atoms with van der Waals surface area (Å²) in [5.41, 5.74) is 3.03. The van der Waals surface area contributed by atoms with E-state index in [-0.39, 0.29) is 0 Å². The Bertz CT molecular complexity index is 189. The van der Waals surface area contributed by atoms with Crippen LogP contribution in [0.4, 0.5) is 0 Å². The molecule has 0 saturated heterocycles. The van der Waals surface area contributed by atoms with Crippen LogP contribution in [0.3, 0.4) is 0 Å². The summed E-state index contributed by atoms with van der Waals surface area (Å²) < 4.78 is 0. The first-order valence-corrected chi connectivity index (χ1v) is 4.38. The van der Waals surface area contributed by atoms with E-state index in [0.29, 0.717) is 0 Å². The predicted molar refractivity (Wildman–Crippen MR) is 49.4 cm³/mol. The molecule has 0 spiro atoms. The first-order chi connectivity index (χ1) is 5.27. The van der Waals surface area contributed by atoms with Crippen molar-refractivity contribution in [3.63, 3.8) is 0 Å². The highest BCUT2D eigenvalue weighted by molar-refractivity contribution is 5.28. The predicted octanol–water partition coefficient (Wildman–Crippen LogP) is 2.56. The van der Waals surface area contributed by atoms with E-state index in [1.54, 1.807) is 0 Å². The molecule has 1 nitrogen and oxygen atoms in total. The zero-order chi connectivity index (χ0) is 8.27. The minimum Gasteiger partial charge on any atom is -0.374 e. The van der Waals surface area contributed by atoms with Gasteiger partial charge in [0.2, 0.25) is 0 Å². The molecule has 62 valence electrons. The minimum absolute atomic E-state index is 1.12. The number of likely N-dealkylation sites (N-methyl/N-ethyl adjacent to an activating group) is 1. The van der Waals surface area contributed by atoms with Crippen LogP contribution in [0.25, 0.3) is 0 Å². The molecule has 1 heterocycles. The quantitative estimate of drug-likeness (QED) is 0.586. The first-order valence-electron chi connectivity index (χ1n) is 4.38. The fourth-order valence-electron chi connectivity index (χ4n) is 1.43. The minimum atomic E-state index is 1.12.